The molecule has 0 spiro atoms. The molecule has 2 amide bonds. The lowest BCUT2D eigenvalue weighted by Crippen LogP contribution is -2.34. The summed E-state index contributed by atoms with van der Waals surface area (Å²) in [5, 5.41) is 8.53. The van der Waals surface area contributed by atoms with Crippen LogP contribution in [0.5, 0.6) is 5.75 Å². The number of anilines is 1. The van der Waals surface area contributed by atoms with Gasteiger partial charge in [-0.15, -0.1) is 0 Å². The van der Waals surface area contributed by atoms with E-state index in [1.165, 1.54) is 0 Å². The molecule has 3 N–H and O–H groups in total. The summed E-state index contributed by atoms with van der Waals surface area (Å²) in [6.45, 7) is 7.66. The Morgan fingerprint density at radius 3 is 2.21 bits per heavy atom. The predicted molar refractivity (Wildman–Crippen MR) is 115 cm³/mol. The van der Waals surface area contributed by atoms with Gasteiger partial charge in [0.05, 0.1) is 6.10 Å². The van der Waals surface area contributed by atoms with E-state index >= 15 is 0 Å². The van der Waals surface area contributed by atoms with E-state index in [2.05, 4.69) is 16.0 Å². The minimum Gasteiger partial charge on any atom is -0.491 e. The first kappa shape index (κ1) is 21.4. The predicted octanol–water partition coefficient (Wildman–Crippen LogP) is 3.74. The first-order chi connectivity index (χ1) is 13.2. The van der Waals surface area contributed by atoms with Gasteiger partial charge in [0, 0.05) is 22.9 Å². The van der Waals surface area contributed by atoms with Gasteiger partial charge in [0.1, 0.15) is 5.75 Å². The summed E-state index contributed by atoms with van der Waals surface area (Å²) < 4.78 is 5.56. The Balaban J connectivity index is 1.96. The second-order valence-corrected chi connectivity index (χ2v) is 7.22. The summed E-state index contributed by atoms with van der Waals surface area (Å²) in [4.78, 5) is 24.4. The molecule has 0 atom stereocenters. The van der Waals surface area contributed by atoms with E-state index in [0.29, 0.717) is 22.6 Å². The fourth-order valence-corrected chi connectivity index (χ4v) is 2.59. The highest BCUT2D eigenvalue weighted by atomic mass is 32.1. The smallest absolute Gasteiger partial charge is 0.257 e. The van der Waals surface area contributed by atoms with Crippen LogP contribution in [-0.2, 0) is 0 Å². The number of hydrogen-bond donors (Lipinski definition) is 3. The molecule has 0 aliphatic rings. The molecule has 0 aliphatic carbocycles. The third kappa shape index (κ3) is 6.66. The molecule has 148 valence electrons. The van der Waals surface area contributed by atoms with Crippen molar-refractivity contribution in [2.45, 2.75) is 39.8 Å². The van der Waals surface area contributed by atoms with Crippen molar-refractivity contribution in [3.8, 4) is 5.75 Å². The van der Waals surface area contributed by atoms with E-state index in [1.54, 1.807) is 48.5 Å². The molecule has 0 saturated carbocycles. The maximum atomic E-state index is 12.3. The third-order valence-corrected chi connectivity index (χ3v) is 3.72. The molecule has 2 rings (SSSR count). The number of carbonyl (C=O) groups excluding carboxylic acids is 2. The quantitative estimate of drug-likeness (QED) is 0.645. The zero-order valence-corrected chi connectivity index (χ0v) is 17.2. The van der Waals surface area contributed by atoms with Crippen molar-refractivity contribution in [1.29, 1.82) is 0 Å². The number of nitrogens with one attached hydrogen (secondary N) is 3. The van der Waals surface area contributed by atoms with Crippen molar-refractivity contribution >= 4 is 34.8 Å². The lowest BCUT2D eigenvalue weighted by Gasteiger charge is -2.12. The summed E-state index contributed by atoms with van der Waals surface area (Å²) in [7, 11) is 0. The Morgan fingerprint density at radius 2 is 1.61 bits per heavy atom. The average molecular weight is 400 g/mol. The normalized spacial score (nSPS) is 10.5. The van der Waals surface area contributed by atoms with Gasteiger partial charge in [-0.25, -0.2) is 0 Å². The number of rotatable bonds is 6. The minimum absolute atomic E-state index is 0.0433. The van der Waals surface area contributed by atoms with E-state index in [9.17, 15) is 9.59 Å². The lowest BCUT2D eigenvalue weighted by molar-refractivity contribution is 0.0941. The minimum atomic E-state index is -0.331. The number of hydrogen-bond acceptors (Lipinski definition) is 4. The highest BCUT2D eigenvalue weighted by Gasteiger charge is 2.11. The van der Waals surface area contributed by atoms with Gasteiger partial charge in [-0.1, -0.05) is 6.07 Å². The van der Waals surface area contributed by atoms with Gasteiger partial charge in [0.2, 0.25) is 0 Å². The molecule has 0 radical (unpaired) electrons. The number of ether oxygens (including phenoxy) is 1. The molecule has 0 unspecified atom stereocenters. The molecule has 0 aliphatic heterocycles. The van der Waals surface area contributed by atoms with Crippen molar-refractivity contribution in [2.75, 3.05) is 5.32 Å². The molecular weight excluding hydrogens is 374 g/mol. The summed E-state index contributed by atoms with van der Waals surface area (Å²) >= 11 is 5.21. The molecule has 0 bridgehead atoms. The molecule has 28 heavy (non-hydrogen) atoms. The standard InChI is InChI=1S/C21H25N3O3S/c1-13(2)22-20(26)16-6-5-7-17(12-16)23-21(28)24-19(25)15-8-10-18(11-9-15)27-14(3)4/h5-14H,1-4H3,(H,22,26)(H2,23,24,25,28). The number of benzene rings is 2. The Labute approximate surface area is 170 Å². The van der Waals surface area contributed by atoms with Crippen LogP contribution in [0.2, 0.25) is 0 Å². The maximum absolute atomic E-state index is 12.3. The van der Waals surface area contributed by atoms with Crippen LogP contribution in [-0.4, -0.2) is 29.1 Å². The largest absolute Gasteiger partial charge is 0.491 e. The van der Waals surface area contributed by atoms with Gasteiger partial charge in [-0.05, 0) is 82.4 Å². The monoisotopic (exact) mass is 399 g/mol. The highest BCUT2D eigenvalue weighted by molar-refractivity contribution is 7.80. The number of thiocarbonyl (C=S) groups is 1. The Hall–Kier alpha value is -2.93. The van der Waals surface area contributed by atoms with E-state index in [4.69, 9.17) is 17.0 Å². The molecule has 0 saturated heterocycles. The van der Waals surface area contributed by atoms with Crippen molar-refractivity contribution in [1.82, 2.24) is 10.6 Å². The van der Waals surface area contributed by atoms with E-state index < -0.39 is 0 Å². The molecule has 0 heterocycles. The molecule has 6 nitrogen and oxygen atoms in total. The number of carbonyl (C=O) groups is 2. The summed E-state index contributed by atoms with van der Waals surface area (Å²) in [5.74, 6) is 0.198. The molecule has 0 fully saturated rings. The van der Waals surface area contributed by atoms with Crippen LogP contribution < -0.4 is 20.7 Å². The van der Waals surface area contributed by atoms with Gasteiger partial charge in [0.25, 0.3) is 11.8 Å². The summed E-state index contributed by atoms with van der Waals surface area (Å²) in [5.41, 5.74) is 1.58. The Kier molecular flexibility index (Phi) is 7.52. The van der Waals surface area contributed by atoms with E-state index in [-0.39, 0.29) is 29.1 Å². The average Bonchev–Trinajstić information content (AvgIpc) is 2.61. The SMILES string of the molecule is CC(C)NC(=O)c1cccc(NC(=S)NC(=O)c2ccc(OC(C)C)cc2)c1. The first-order valence-corrected chi connectivity index (χ1v) is 9.45. The third-order valence-electron chi connectivity index (χ3n) is 3.52. The maximum Gasteiger partial charge on any atom is 0.257 e. The van der Waals surface area contributed by atoms with Gasteiger partial charge < -0.3 is 15.4 Å². The lowest BCUT2D eigenvalue weighted by atomic mass is 10.2. The second kappa shape index (κ2) is 9.85. The van der Waals surface area contributed by atoms with Crippen LogP contribution in [0, 0.1) is 0 Å². The van der Waals surface area contributed by atoms with Crippen LogP contribution >= 0.6 is 12.2 Å². The fourth-order valence-electron chi connectivity index (χ4n) is 2.38. The van der Waals surface area contributed by atoms with Crippen LogP contribution in [0.1, 0.15) is 48.4 Å². The van der Waals surface area contributed by atoms with E-state index in [1.807, 2.05) is 27.7 Å². The zero-order valence-electron chi connectivity index (χ0n) is 16.4. The van der Waals surface area contributed by atoms with Gasteiger partial charge in [0.15, 0.2) is 5.11 Å². The summed E-state index contributed by atoms with van der Waals surface area (Å²) in [6, 6.07) is 13.8. The number of amides is 2. The molecule has 7 heteroatoms. The van der Waals surface area contributed by atoms with Crippen molar-refractivity contribution in [3.63, 3.8) is 0 Å². The second-order valence-electron chi connectivity index (χ2n) is 6.81. The van der Waals surface area contributed by atoms with Crippen LogP contribution in [0.3, 0.4) is 0 Å². The van der Waals surface area contributed by atoms with Crippen molar-refractivity contribution in [2.24, 2.45) is 0 Å². The topological polar surface area (TPSA) is 79.5 Å². The van der Waals surface area contributed by atoms with Crippen molar-refractivity contribution < 1.29 is 14.3 Å². The van der Waals surface area contributed by atoms with Gasteiger partial charge in [-0.2, -0.15) is 0 Å². The molecule has 2 aromatic carbocycles. The molecule has 0 aromatic heterocycles. The van der Waals surface area contributed by atoms with Crippen LogP contribution in [0.4, 0.5) is 5.69 Å². The molecule has 2 aromatic rings. The molecular formula is C21H25N3O3S. The van der Waals surface area contributed by atoms with Gasteiger partial charge >= 0.3 is 0 Å². The first-order valence-electron chi connectivity index (χ1n) is 9.04. The highest BCUT2D eigenvalue weighted by Crippen LogP contribution is 2.14. The summed E-state index contributed by atoms with van der Waals surface area (Å²) in [6.07, 6.45) is 0.0647. The Bertz CT molecular complexity index is 848. The van der Waals surface area contributed by atoms with Crippen LogP contribution in [0.25, 0.3) is 0 Å². The van der Waals surface area contributed by atoms with Crippen LogP contribution in [0.15, 0.2) is 48.5 Å². The zero-order chi connectivity index (χ0) is 20.7. The fraction of sp³-hybridized carbons (Fsp3) is 0.286. The van der Waals surface area contributed by atoms with E-state index in [0.717, 1.165) is 0 Å². The van der Waals surface area contributed by atoms with Crippen molar-refractivity contribution in [3.05, 3.63) is 59.7 Å². The van der Waals surface area contributed by atoms with Gasteiger partial charge in [-0.3, -0.25) is 14.9 Å². The Morgan fingerprint density at radius 1 is 0.929 bits per heavy atom.